The number of fused-ring (bicyclic) bond motifs is 1. The van der Waals surface area contributed by atoms with Crippen LogP contribution in [-0.2, 0) is 14.3 Å². The number of carbonyl (C=O) groups is 1. The summed E-state index contributed by atoms with van der Waals surface area (Å²) in [4.78, 5) is 31.8. The van der Waals surface area contributed by atoms with E-state index < -0.39 is 61.3 Å². The average molecular weight is 574 g/mol. The molecule has 10 nitrogen and oxygen atoms in total. The normalized spacial score (nSPS) is 15.5. The molecule has 0 bridgehead atoms. The van der Waals surface area contributed by atoms with Crippen LogP contribution in [0.4, 0.5) is 24.7 Å². The summed E-state index contributed by atoms with van der Waals surface area (Å²) in [7, 11) is -4.67. The van der Waals surface area contributed by atoms with Crippen LogP contribution in [0.3, 0.4) is 0 Å². The average Bonchev–Trinajstić information content (AvgIpc) is 3.34. The smallest absolute Gasteiger partial charge is 0.359 e. The van der Waals surface area contributed by atoms with Gasteiger partial charge in [0.1, 0.15) is 22.0 Å². The minimum atomic E-state index is -4.67. The fourth-order valence-corrected chi connectivity index (χ4v) is 5.24. The van der Waals surface area contributed by atoms with E-state index >= 15 is 8.78 Å². The van der Waals surface area contributed by atoms with Crippen LogP contribution in [0.1, 0.15) is 22.3 Å². The van der Waals surface area contributed by atoms with Crippen molar-refractivity contribution in [3.8, 4) is 5.69 Å². The van der Waals surface area contributed by atoms with E-state index in [0.29, 0.717) is 13.0 Å². The van der Waals surface area contributed by atoms with Gasteiger partial charge < -0.3 is 20.6 Å². The number of hydrogen-bond acceptors (Lipinski definition) is 9. The summed E-state index contributed by atoms with van der Waals surface area (Å²) >= 11 is 0. The van der Waals surface area contributed by atoms with E-state index in [1.54, 1.807) is 11.8 Å². The predicted octanol–water partition coefficient (Wildman–Crippen LogP) is 2.78. The van der Waals surface area contributed by atoms with Gasteiger partial charge in [0.25, 0.3) is 0 Å². The van der Waals surface area contributed by atoms with Crippen LogP contribution in [0.25, 0.3) is 16.7 Å². The van der Waals surface area contributed by atoms with Crippen molar-refractivity contribution >= 4 is 38.6 Å². The maximum atomic E-state index is 15.2. The number of rotatable bonds is 5. The van der Waals surface area contributed by atoms with Gasteiger partial charge in [0.15, 0.2) is 23.1 Å². The number of carbonyl (C=O) groups excluding carboxylic acids is 1. The Labute approximate surface area is 225 Å². The molecule has 0 radical (unpaired) electrons. The Morgan fingerprint density at radius 1 is 1.10 bits per heavy atom. The van der Waals surface area contributed by atoms with Gasteiger partial charge in [-0.3, -0.25) is 9.36 Å². The first-order chi connectivity index (χ1) is 18.9. The lowest BCUT2D eigenvalue weighted by atomic mass is 10.1. The number of aromatic nitrogens is 2. The van der Waals surface area contributed by atoms with Gasteiger partial charge in [0, 0.05) is 25.3 Å². The van der Waals surface area contributed by atoms with Crippen LogP contribution in [0, 0.1) is 24.4 Å². The molecule has 4 aromatic rings. The van der Waals surface area contributed by atoms with Crippen molar-refractivity contribution in [3.63, 3.8) is 0 Å². The molecule has 3 heterocycles. The Morgan fingerprint density at radius 3 is 2.45 bits per heavy atom. The minimum absolute atomic E-state index is 0.179. The van der Waals surface area contributed by atoms with Crippen molar-refractivity contribution in [2.45, 2.75) is 24.3 Å². The molecule has 40 heavy (non-hydrogen) atoms. The Hall–Kier alpha value is -4.43. The SMILES string of the molecule is Cc1ccc(S(=O)(=O)OC(=O)c2cn(-c3ccc(F)c(N)c3F)c3nc(N4CC[C@H](N)C4)c(F)cc3c2=O)cc1. The Balaban J connectivity index is 1.71. The topological polar surface area (TPSA) is 151 Å². The molecule has 5 rings (SSSR count). The van der Waals surface area contributed by atoms with Crippen LogP contribution in [0.5, 0.6) is 0 Å². The van der Waals surface area contributed by atoms with Crippen LogP contribution < -0.4 is 21.8 Å². The molecule has 0 amide bonds. The number of nitrogens with zero attached hydrogens (tertiary/aromatic N) is 3. The molecule has 1 aliphatic rings. The number of nitrogens with two attached hydrogens (primary N) is 2. The van der Waals surface area contributed by atoms with E-state index in [1.165, 1.54) is 24.3 Å². The predicted molar refractivity (Wildman–Crippen MR) is 140 cm³/mol. The third kappa shape index (κ3) is 4.75. The van der Waals surface area contributed by atoms with E-state index in [2.05, 4.69) is 4.98 Å². The van der Waals surface area contributed by atoms with Gasteiger partial charge in [-0.2, -0.15) is 8.42 Å². The second kappa shape index (κ2) is 9.95. The van der Waals surface area contributed by atoms with Crippen molar-refractivity contribution in [2.75, 3.05) is 23.7 Å². The molecule has 0 spiro atoms. The van der Waals surface area contributed by atoms with Gasteiger partial charge in [0.2, 0.25) is 5.43 Å². The summed E-state index contributed by atoms with van der Waals surface area (Å²) in [5, 5.41) is -0.491. The van der Waals surface area contributed by atoms with Crippen LogP contribution in [0.2, 0.25) is 0 Å². The third-order valence-electron chi connectivity index (χ3n) is 6.52. The number of pyridine rings is 2. The molecule has 0 aliphatic carbocycles. The molecule has 14 heteroatoms. The van der Waals surface area contributed by atoms with E-state index in [9.17, 15) is 22.4 Å². The summed E-state index contributed by atoms with van der Waals surface area (Å²) in [6, 6.07) is 7.74. The largest absolute Gasteiger partial charge is 0.394 e. The van der Waals surface area contributed by atoms with Gasteiger partial charge in [-0.25, -0.2) is 22.9 Å². The lowest BCUT2D eigenvalue weighted by Gasteiger charge is -2.20. The first-order valence-electron chi connectivity index (χ1n) is 11.9. The van der Waals surface area contributed by atoms with Crippen molar-refractivity contribution in [1.29, 1.82) is 0 Å². The standard InChI is InChI=1S/C26H22F3N5O5S/c1-13-2-4-15(5-3-13)40(37,38)39-26(36)17-12-34(20-7-6-18(27)22(31)21(20)29)24-16(23(17)35)10-19(28)25(32-24)33-9-8-14(30)11-33/h2-7,10,12,14H,8-9,11,30-31H2,1H3/t14-/m0/s1. The van der Waals surface area contributed by atoms with Crippen molar-refractivity contribution in [3.05, 3.63) is 87.5 Å². The van der Waals surface area contributed by atoms with E-state index in [-0.39, 0.29) is 28.9 Å². The van der Waals surface area contributed by atoms with Crippen LogP contribution in [-0.4, -0.2) is 43.1 Å². The van der Waals surface area contributed by atoms with Gasteiger partial charge in [-0.15, -0.1) is 0 Å². The number of aryl methyl sites for hydroxylation is 1. The van der Waals surface area contributed by atoms with Gasteiger partial charge >= 0.3 is 16.1 Å². The van der Waals surface area contributed by atoms with Crippen molar-refractivity contribution < 1.29 is 30.6 Å². The van der Waals surface area contributed by atoms with Crippen LogP contribution in [0.15, 0.2) is 58.4 Å². The maximum absolute atomic E-state index is 15.2. The minimum Gasteiger partial charge on any atom is -0.394 e. The summed E-state index contributed by atoms with van der Waals surface area (Å²) in [6.07, 6.45) is 1.34. The summed E-state index contributed by atoms with van der Waals surface area (Å²) in [5.74, 6) is -5.04. The maximum Gasteiger partial charge on any atom is 0.359 e. The monoisotopic (exact) mass is 573 g/mol. The summed E-state index contributed by atoms with van der Waals surface area (Å²) in [6.45, 7) is 2.34. The highest BCUT2D eigenvalue weighted by atomic mass is 32.2. The first kappa shape index (κ1) is 27.1. The zero-order valence-electron chi connectivity index (χ0n) is 20.9. The quantitative estimate of drug-likeness (QED) is 0.271. The van der Waals surface area contributed by atoms with Gasteiger partial charge in [-0.05, 0) is 43.7 Å². The molecule has 0 unspecified atom stereocenters. The van der Waals surface area contributed by atoms with Crippen molar-refractivity contribution in [2.24, 2.45) is 5.73 Å². The highest BCUT2D eigenvalue weighted by Crippen LogP contribution is 2.29. The van der Waals surface area contributed by atoms with Gasteiger partial charge in [-0.1, -0.05) is 17.7 Å². The molecule has 208 valence electrons. The Kier molecular flexibility index (Phi) is 6.75. The number of halogens is 3. The number of hydrogen-bond donors (Lipinski definition) is 2. The zero-order valence-corrected chi connectivity index (χ0v) is 21.7. The highest BCUT2D eigenvalue weighted by molar-refractivity contribution is 7.87. The molecular formula is C26H22F3N5O5S. The molecule has 1 aliphatic heterocycles. The fraction of sp³-hybridized carbons (Fsp3) is 0.192. The summed E-state index contributed by atoms with van der Waals surface area (Å²) < 4.78 is 75.3. The van der Waals surface area contributed by atoms with E-state index in [0.717, 1.165) is 34.5 Å². The van der Waals surface area contributed by atoms with E-state index in [1.807, 2.05) is 0 Å². The molecular weight excluding hydrogens is 551 g/mol. The molecule has 1 atom stereocenters. The highest BCUT2D eigenvalue weighted by Gasteiger charge is 2.29. The number of benzene rings is 2. The summed E-state index contributed by atoms with van der Waals surface area (Å²) in [5.41, 5.74) is 8.59. The Morgan fingerprint density at radius 2 is 1.80 bits per heavy atom. The molecule has 4 N–H and O–H groups in total. The van der Waals surface area contributed by atoms with Crippen LogP contribution >= 0.6 is 0 Å². The third-order valence-corrected chi connectivity index (χ3v) is 7.74. The van der Waals surface area contributed by atoms with Crippen molar-refractivity contribution in [1.82, 2.24) is 9.55 Å². The number of nitrogen functional groups attached to an aromatic ring is 1. The second-order valence-electron chi connectivity index (χ2n) is 9.33. The molecule has 2 aromatic carbocycles. The first-order valence-corrected chi connectivity index (χ1v) is 13.3. The fourth-order valence-electron chi connectivity index (χ4n) is 4.39. The molecule has 2 aromatic heterocycles. The lowest BCUT2D eigenvalue weighted by molar-refractivity contribution is 0.0745. The lowest BCUT2D eigenvalue weighted by Crippen LogP contribution is -2.28. The number of anilines is 2. The second-order valence-corrected chi connectivity index (χ2v) is 10.9. The Bertz CT molecular complexity index is 1850. The zero-order chi connectivity index (χ0) is 28.9. The van der Waals surface area contributed by atoms with E-state index in [4.69, 9.17) is 15.7 Å². The van der Waals surface area contributed by atoms with Gasteiger partial charge in [0.05, 0.1) is 11.1 Å². The molecule has 1 fully saturated rings. The molecule has 0 saturated carbocycles. The molecule has 1 saturated heterocycles.